The Morgan fingerprint density at radius 3 is 2.23 bits per heavy atom. The summed E-state index contributed by atoms with van der Waals surface area (Å²) in [4.78, 5) is 12.5. The molecule has 1 aromatic rings. The lowest BCUT2D eigenvalue weighted by molar-refractivity contribution is -0.0962. The number of hydrogen-bond donors (Lipinski definition) is 1. The van der Waals surface area contributed by atoms with Crippen LogP contribution in [0, 0.1) is 11.3 Å². The highest BCUT2D eigenvalue weighted by molar-refractivity contribution is 5.89. The third-order valence-electron chi connectivity index (χ3n) is 6.29. The van der Waals surface area contributed by atoms with Gasteiger partial charge in [0.25, 0.3) is 0 Å². The first-order chi connectivity index (χ1) is 12.6. The van der Waals surface area contributed by atoms with E-state index >= 15 is 0 Å². The zero-order valence-electron chi connectivity index (χ0n) is 16.2. The summed E-state index contributed by atoms with van der Waals surface area (Å²) in [5, 5.41) is 2.82. The van der Waals surface area contributed by atoms with Crippen molar-refractivity contribution in [2.75, 3.05) is 19.5 Å². The molecule has 1 spiro atoms. The summed E-state index contributed by atoms with van der Waals surface area (Å²) in [7, 11) is 3.14. The SMILES string of the molecule is CCCC1CCC2(CC1)CCC2OC(=O)Nc1c(OC)cccc1OC. The van der Waals surface area contributed by atoms with E-state index in [0.717, 1.165) is 12.3 Å². The van der Waals surface area contributed by atoms with Crippen LogP contribution < -0.4 is 14.8 Å². The molecule has 26 heavy (non-hydrogen) atoms. The van der Waals surface area contributed by atoms with Gasteiger partial charge in [-0.25, -0.2) is 4.79 Å². The monoisotopic (exact) mass is 361 g/mol. The normalized spacial score (nSPS) is 27.5. The van der Waals surface area contributed by atoms with Crippen LogP contribution in [-0.2, 0) is 4.74 Å². The average Bonchev–Trinajstić information content (AvgIpc) is 2.66. The fourth-order valence-corrected chi connectivity index (χ4v) is 4.61. The van der Waals surface area contributed by atoms with Crippen LogP contribution >= 0.6 is 0 Å². The molecule has 144 valence electrons. The molecular weight excluding hydrogens is 330 g/mol. The number of ether oxygens (including phenoxy) is 3. The Morgan fingerprint density at radius 1 is 1.12 bits per heavy atom. The van der Waals surface area contributed by atoms with Crippen LogP contribution in [0.5, 0.6) is 11.5 Å². The predicted octanol–water partition coefficient (Wildman–Crippen LogP) is 5.39. The zero-order chi connectivity index (χ0) is 18.6. The summed E-state index contributed by atoms with van der Waals surface area (Å²) in [6.07, 6.45) is 9.28. The molecule has 0 heterocycles. The molecule has 2 aliphatic rings. The molecule has 1 amide bonds. The standard InChI is InChI=1S/C21H31NO4/c1-4-6-15-9-12-21(13-10-15)14-11-18(21)26-20(23)22-19-16(24-2)7-5-8-17(19)25-3/h5,7-8,15,18H,4,6,9-14H2,1-3H3,(H,22,23). The van der Waals surface area contributed by atoms with Gasteiger partial charge in [-0.15, -0.1) is 0 Å². The highest BCUT2D eigenvalue weighted by Crippen LogP contribution is 2.54. The van der Waals surface area contributed by atoms with E-state index in [0.29, 0.717) is 17.2 Å². The molecule has 0 aliphatic heterocycles. The van der Waals surface area contributed by atoms with Gasteiger partial charge in [0.2, 0.25) is 0 Å². The number of nitrogens with one attached hydrogen (secondary N) is 1. The summed E-state index contributed by atoms with van der Waals surface area (Å²) in [5.41, 5.74) is 0.731. The second-order valence-corrected chi connectivity index (χ2v) is 7.69. The number of carbonyl (C=O) groups is 1. The molecular formula is C21H31NO4. The molecule has 1 unspecified atom stereocenters. The molecule has 0 radical (unpaired) electrons. The van der Waals surface area contributed by atoms with Crippen molar-refractivity contribution < 1.29 is 19.0 Å². The highest BCUT2D eigenvalue weighted by atomic mass is 16.6. The van der Waals surface area contributed by atoms with E-state index in [1.807, 2.05) is 6.07 Å². The molecule has 2 saturated carbocycles. The van der Waals surface area contributed by atoms with Gasteiger partial charge in [-0.1, -0.05) is 25.8 Å². The van der Waals surface area contributed by atoms with Gasteiger partial charge in [-0.05, 0) is 56.6 Å². The van der Waals surface area contributed by atoms with E-state index in [1.54, 1.807) is 26.4 Å². The number of rotatable bonds is 6. The maximum absolute atomic E-state index is 12.5. The van der Waals surface area contributed by atoms with Crippen molar-refractivity contribution in [2.45, 2.75) is 64.4 Å². The van der Waals surface area contributed by atoms with Crippen molar-refractivity contribution in [2.24, 2.45) is 11.3 Å². The summed E-state index contributed by atoms with van der Waals surface area (Å²) in [6, 6.07) is 5.40. The third-order valence-corrected chi connectivity index (χ3v) is 6.29. The number of hydrogen-bond acceptors (Lipinski definition) is 4. The highest BCUT2D eigenvalue weighted by Gasteiger charge is 2.50. The van der Waals surface area contributed by atoms with Crippen LogP contribution in [0.2, 0.25) is 0 Å². The zero-order valence-corrected chi connectivity index (χ0v) is 16.2. The van der Waals surface area contributed by atoms with E-state index in [4.69, 9.17) is 14.2 Å². The van der Waals surface area contributed by atoms with E-state index in [2.05, 4.69) is 12.2 Å². The summed E-state index contributed by atoms with van der Waals surface area (Å²) < 4.78 is 16.5. The second kappa shape index (κ2) is 8.19. The van der Waals surface area contributed by atoms with Crippen molar-refractivity contribution >= 4 is 11.8 Å². The Morgan fingerprint density at radius 2 is 1.73 bits per heavy atom. The van der Waals surface area contributed by atoms with Gasteiger partial charge in [-0.3, -0.25) is 5.32 Å². The minimum atomic E-state index is -0.424. The number of carbonyl (C=O) groups excluding carboxylic acids is 1. The Bertz CT molecular complexity index is 600. The van der Waals surface area contributed by atoms with E-state index in [1.165, 1.54) is 44.9 Å². The minimum Gasteiger partial charge on any atom is -0.494 e. The minimum absolute atomic E-state index is 0.0331. The topological polar surface area (TPSA) is 56.8 Å². The molecule has 0 bridgehead atoms. The lowest BCUT2D eigenvalue weighted by Gasteiger charge is -2.52. The predicted molar refractivity (Wildman–Crippen MR) is 102 cm³/mol. The van der Waals surface area contributed by atoms with Crippen molar-refractivity contribution in [3.8, 4) is 11.5 Å². The van der Waals surface area contributed by atoms with Gasteiger partial charge < -0.3 is 14.2 Å². The van der Waals surface area contributed by atoms with Crippen LogP contribution in [0.4, 0.5) is 10.5 Å². The van der Waals surface area contributed by atoms with Gasteiger partial charge in [-0.2, -0.15) is 0 Å². The lowest BCUT2D eigenvalue weighted by atomic mass is 9.57. The molecule has 1 atom stereocenters. The number of anilines is 1. The molecule has 2 fully saturated rings. The molecule has 1 aromatic carbocycles. The van der Waals surface area contributed by atoms with Crippen molar-refractivity contribution in [3.63, 3.8) is 0 Å². The molecule has 0 aromatic heterocycles. The van der Waals surface area contributed by atoms with Crippen LogP contribution in [0.1, 0.15) is 58.3 Å². The molecule has 1 N–H and O–H groups in total. The maximum Gasteiger partial charge on any atom is 0.412 e. The van der Waals surface area contributed by atoms with Gasteiger partial charge in [0, 0.05) is 5.41 Å². The Labute approximate surface area is 156 Å². The molecule has 3 rings (SSSR count). The van der Waals surface area contributed by atoms with Crippen molar-refractivity contribution in [3.05, 3.63) is 18.2 Å². The van der Waals surface area contributed by atoms with Crippen molar-refractivity contribution in [1.29, 1.82) is 0 Å². The first-order valence-electron chi connectivity index (χ1n) is 9.80. The van der Waals surface area contributed by atoms with E-state index in [9.17, 15) is 4.79 Å². The average molecular weight is 361 g/mol. The Hall–Kier alpha value is -1.91. The number of benzene rings is 1. The second-order valence-electron chi connectivity index (χ2n) is 7.69. The van der Waals surface area contributed by atoms with E-state index < -0.39 is 6.09 Å². The molecule has 2 aliphatic carbocycles. The lowest BCUT2D eigenvalue weighted by Crippen LogP contribution is -2.50. The first-order valence-corrected chi connectivity index (χ1v) is 9.80. The third kappa shape index (κ3) is 3.76. The Balaban J connectivity index is 1.59. The fraction of sp³-hybridized carbons (Fsp3) is 0.667. The maximum atomic E-state index is 12.5. The number of para-hydroxylation sites is 1. The fourth-order valence-electron chi connectivity index (χ4n) is 4.61. The largest absolute Gasteiger partial charge is 0.494 e. The van der Waals surface area contributed by atoms with Gasteiger partial charge in [0.05, 0.1) is 14.2 Å². The first kappa shape index (κ1) is 18.9. The summed E-state index contributed by atoms with van der Waals surface area (Å²) in [5.74, 6) is 1.98. The van der Waals surface area contributed by atoms with Gasteiger partial charge in [0.15, 0.2) is 0 Å². The quantitative estimate of drug-likeness (QED) is 0.738. The summed E-state index contributed by atoms with van der Waals surface area (Å²) >= 11 is 0. The number of amides is 1. The van der Waals surface area contributed by atoms with Crippen molar-refractivity contribution in [1.82, 2.24) is 0 Å². The van der Waals surface area contributed by atoms with E-state index in [-0.39, 0.29) is 11.5 Å². The van der Waals surface area contributed by atoms with Crippen LogP contribution in [0.3, 0.4) is 0 Å². The number of methoxy groups -OCH3 is 2. The summed E-state index contributed by atoms with van der Waals surface area (Å²) in [6.45, 7) is 2.26. The molecule has 5 heteroatoms. The Kier molecular flexibility index (Phi) is 5.94. The molecule has 0 saturated heterocycles. The van der Waals surface area contributed by atoms with Crippen LogP contribution in [0.25, 0.3) is 0 Å². The molecule has 5 nitrogen and oxygen atoms in total. The van der Waals surface area contributed by atoms with Gasteiger partial charge in [0.1, 0.15) is 23.3 Å². The van der Waals surface area contributed by atoms with Gasteiger partial charge >= 0.3 is 6.09 Å². The van der Waals surface area contributed by atoms with Crippen LogP contribution in [0.15, 0.2) is 18.2 Å². The smallest absolute Gasteiger partial charge is 0.412 e. The van der Waals surface area contributed by atoms with Crippen LogP contribution in [-0.4, -0.2) is 26.4 Å².